The fourth-order valence-corrected chi connectivity index (χ4v) is 10.7. The highest BCUT2D eigenvalue weighted by Crippen LogP contribution is 2.39. The van der Waals surface area contributed by atoms with E-state index in [1.54, 1.807) is 88.4 Å². The van der Waals surface area contributed by atoms with E-state index in [9.17, 15) is 48.3 Å². The van der Waals surface area contributed by atoms with Gasteiger partial charge in [-0.25, -0.2) is 14.4 Å². The molecular weight excluding hydrogens is 1150 g/mol. The maximum atomic E-state index is 14.3. The van der Waals surface area contributed by atoms with Crippen LogP contribution in [0.2, 0.25) is 0 Å². The number of carbonyl (C=O) groups excluding carboxylic acids is 8. The first-order valence-electron chi connectivity index (χ1n) is 30.1. The lowest BCUT2D eigenvalue weighted by Gasteiger charge is -2.40. The van der Waals surface area contributed by atoms with Gasteiger partial charge in [0.15, 0.2) is 0 Å². The summed E-state index contributed by atoms with van der Waals surface area (Å²) >= 11 is 0. The van der Waals surface area contributed by atoms with Crippen LogP contribution in [0.1, 0.15) is 130 Å². The van der Waals surface area contributed by atoms with Gasteiger partial charge in [-0.05, 0) is 109 Å². The van der Waals surface area contributed by atoms with Crippen molar-refractivity contribution in [3.63, 3.8) is 0 Å². The summed E-state index contributed by atoms with van der Waals surface area (Å²) in [5.74, 6) is -4.59. The predicted molar refractivity (Wildman–Crippen MR) is 347 cm³/mol. The van der Waals surface area contributed by atoms with Crippen LogP contribution in [0.15, 0.2) is 119 Å². The van der Waals surface area contributed by atoms with Crippen molar-refractivity contribution in [1.82, 2.24) is 31.5 Å². The van der Waals surface area contributed by atoms with Crippen LogP contribution < -0.4 is 47.9 Å². The molecule has 4 aromatic carbocycles. The second kappa shape index (κ2) is 32.3. The SMILES string of the molecule is CN=N/C1=C(\C)c2ccccc2CN(C(=O)CCC(=O)N[C@H](C(=O)N[C@@H](CCCNC(N)=O)C(=O)Nc2ccc(COC(=O)Nc3cccc(C(C)(C)[C@H](NC)C(=O)N[C@H](C(=O)N(C)[C@H](/C=C(\C)C(=O)O)C(C)C)C(C)(C)C)c3)cc2)C(C)C)c2ccccc21. The van der Waals surface area contributed by atoms with E-state index in [0.717, 1.165) is 16.7 Å². The zero-order chi connectivity index (χ0) is 66.8. The molecule has 23 nitrogen and oxygen atoms in total. The minimum absolute atomic E-state index is 0.0729. The third-order valence-electron chi connectivity index (χ3n) is 15.8. The first-order chi connectivity index (χ1) is 42.4. The topological polar surface area (TPSA) is 325 Å². The van der Waals surface area contributed by atoms with Crippen LogP contribution in [-0.2, 0) is 56.9 Å². The highest BCUT2D eigenvalue weighted by atomic mass is 16.5. The van der Waals surface area contributed by atoms with E-state index in [1.165, 1.54) is 11.8 Å². The Morgan fingerprint density at radius 1 is 0.767 bits per heavy atom. The van der Waals surface area contributed by atoms with E-state index in [1.807, 2.05) is 110 Å². The summed E-state index contributed by atoms with van der Waals surface area (Å²) in [5.41, 5.74) is 10.4. The number of hydrogen-bond acceptors (Lipinski definition) is 13. The number of likely N-dealkylation sites (N-methyl/N-ethyl adjacent to an activating group) is 2. The molecule has 5 rings (SSSR count). The van der Waals surface area contributed by atoms with Crippen molar-refractivity contribution < 1.29 is 53.0 Å². The number of anilines is 3. The average molecular weight is 1240 g/mol. The summed E-state index contributed by atoms with van der Waals surface area (Å²) < 4.78 is 5.57. The molecule has 0 fully saturated rings. The summed E-state index contributed by atoms with van der Waals surface area (Å²) in [7, 11) is 4.82. The van der Waals surface area contributed by atoms with Crippen LogP contribution in [0, 0.1) is 17.3 Å². The smallest absolute Gasteiger partial charge is 0.411 e. The van der Waals surface area contributed by atoms with Gasteiger partial charge in [0.05, 0.1) is 30.0 Å². The molecule has 9 amide bonds. The molecule has 0 saturated carbocycles. The van der Waals surface area contributed by atoms with Gasteiger partial charge >= 0.3 is 18.1 Å². The second-order valence-electron chi connectivity index (χ2n) is 24.8. The van der Waals surface area contributed by atoms with Gasteiger partial charge in [-0.1, -0.05) is 135 Å². The highest BCUT2D eigenvalue weighted by Gasteiger charge is 2.42. The number of allylic oxidation sites excluding steroid dienone is 1. The number of rotatable bonds is 27. The highest BCUT2D eigenvalue weighted by molar-refractivity contribution is 6.03. The molecule has 0 aliphatic carbocycles. The standard InChI is InChI=1S/C67H90N12O11/c1-39(2)52(35-41(5)63(86)87)78(14)62(85)58(66(7,8)9)76-61(84)57(69-12)67(10,11)45-22-19-23-47(36-45)73-65(89)90-38-43-28-30-46(31-29-43)72-59(82)50(26-20-34-71-64(68)88)74-60(83)55(40(3)4)75-53(80)32-33-54(81)79-37-44-21-15-16-24-48(44)42(6)56(77-70-13)49-25-17-18-27-51(49)79/h15-19,21-25,27-31,35-36,39-40,50,52,55,57-58,69H,20,26,32-34,37-38H2,1-14H3,(H,72,82)(H,73,89)(H,74,83)(H,75,80)(H,76,84)(H,86,87)(H3,68,71,88)/b41-35+,56-42+,77-70?/t50-,52+,55-,57+,58+/m0/s1. The van der Waals surface area contributed by atoms with Crippen LogP contribution in [-0.4, -0.2) is 121 Å². The number of carboxylic acid groups (broad SMARTS) is 1. The fraction of sp³-hybridized carbons (Fsp3) is 0.448. The lowest BCUT2D eigenvalue weighted by atomic mass is 9.76. The fourth-order valence-electron chi connectivity index (χ4n) is 10.7. The zero-order valence-corrected chi connectivity index (χ0v) is 54.2. The number of aliphatic carboxylic acids is 1. The Kier molecular flexibility index (Phi) is 25.7. The minimum Gasteiger partial charge on any atom is -0.478 e. The molecule has 23 heteroatoms. The lowest BCUT2D eigenvalue weighted by Crippen LogP contribution is -2.61. The zero-order valence-electron chi connectivity index (χ0n) is 54.2. The molecule has 4 aromatic rings. The van der Waals surface area contributed by atoms with Crippen LogP contribution in [0.4, 0.5) is 26.7 Å². The van der Waals surface area contributed by atoms with E-state index >= 15 is 0 Å². The van der Waals surface area contributed by atoms with Crippen LogP contribution in [0.3, 0.4) is 0 Å². The Morgan fingerprint density at radius 2 is 1.42 bits per heavy atom. The molecule has 1 aliphatic heterocycles. The number of fused-ring (bicyclic) bond motifs is 2. The van der Waals surface area contributed by atoms with Gasteiger partial charge < -0.3 is 57.3 Å². The monoisotopic (exact) mass is 1240 g/mol. The number of nitrogens with one attached hydrogen (secondary N) is 7. The van der Waals surface area contributed by atoms with Crippen LogP contribution in [0.25, 0.3) is 11.3 Å². The molecule has 5 atom stereocenters. The van der Waals surface area contributed by atoms with Gasteiger partial charge in [0.2, 0.25) is 35.4 Å². The Morgan fingerprint density at radius 3 is 2.03 bits per heavy atom. The Labute approximate surface area is 527 Å². The van der Waals surface area contributed by atoms with Gasteiger partial charge in [-0.3, -0.25) is 34.1 Å². The predicted octanol–water partition coefficient (Wildman–Crippen LogP) is 8.66. The van der Waals surface area contributed by atoms with Crippen molar-refractivity contribution >= 4 is 81.9 Å². The number of nitrogens with zero attached hydrogens (tertiary/aromatic N) is 4. The van der Waals surface area contributed by atoms with E-state index in [2.05, 4.69) is 47.4 Å². The molecule has 90 heavy (non-hydrogen) atoms. The summed E-state index contributed by atoms with van der Waals surface area (Å²) in [4.78, 5) is 124. The summed E-state index contributed by atoms with van der Waals surface area (Å²) in [6.07, 6.45) is 0.673. The van der Waals surface area contributed by atoms with Crippen molar-refractivity contribution in [3.8, 4) is 0 Å². The number of carboxylic acids is 1. The summed E-state index contributed by atoms with van der Waals surface area (Å²) in [6, 6.07) is 23.2. The van der Waals surface area contributed by atoms with Crippen molar-refractivity contribution in [2.45, 2.75) is 151 Å². The van der Waals surface area contributed by atoms with Crippen molar-refractivity contribution in [2.24, 2.45) is 33.2 Å². The van der Waals surface area contributed by atoms with Gasteiger partial charge in [-0.15, -0.1) is 0 Å². The van der Waals surface area contributed by atoms with Crippen LogP contribution >= 0.6 is 0 Å². The Bertz CT molecular complexity index is 3350. The molecule has 0 bridgehead atoms. The lowest BCUT2D eigenvalue weighted by molar-refractivity contribution is -0.141. The van der Waals surface area contributed by atoms with Gasteiger partial charge in [0.25, 0.3) is 0 Å². The first kappa shape index (κ1) is 71.5. The molecule has 0 radical (unpaired) electrons. The third kappa shape index (κ3) is 19.4. The van der Waals surface area contributed by atoms with Gasteiger partial charge in [0, 0.05) is 61.4 Å². The summed E-state index contributed by atoms with van der Waals surface area (Å²) in [5, 5.41) is 37.8. The number of azo groups is 1. The Hall–Kier alpha value is -9.25. The molecular formula is C67H90N12O11. The number of amides is 9. The number of urea groups is 1. The number of carbonyl (C=O) groups is 9. The van der Waals surface area contributed by atoms with Crippen molar-refractivity contribution in [2.75, 3.05) is 43.2 Å². The second-order valence-corrected chi connectivity index (χ2v) is 24.8. The average Bonchev–Trinajstić information content (AvgIpc) is 0.860. The maximum absolute atomic E-state index is 14.3. The van der Waals surface area contributed by atoms with Gasteiger partial charge in [0.1, 0.15) is 24.7 Å². The number of ether oxygens (including phenoxy) is 1. The number of hydrogen-bond donors (Lipinski definition) is 9. The Balaban J connectivity index is 1.20. The van der Waals surface area contributed by atoms with Gasteiger partial charge in [-0.2, -0.15) is 10.2 Å². The van der Waals surface area contributed by atoms with Crippen molar-refractivity contribution in [1.29, 1.82) is 0 Å². The normalized spacial score (nSPS) is 15.2. The first-order valence-corrected chi connectivity index (χ1v) is 30.1. The maximum Gasteiger partial charge on any atom is 0.411 e. The van der Waals surface area contributed by atoms with E-state index < -0.39 is 88.7 Å². The van der Waals surface area contributed by atoms with E-state index in [0.29, 0.717) is 39.4 Å². The third-order valence-corrected chi connectivity index (χ3v) is 15.8. The molecule has 1 aliphatic rings. The van der Waals surface area contributed by atoms with Crippen molar-refractivity contribution in [3.05, 3.63) is 137 Å². The molecule has 1 heterocycles. The summed E-state index contributed by atoms with van der Waals surface area (Å²) in [6.45, 7) is 20.1. The quantitative estimate of drug-likeness (QED) is 0.0154. The molecule has 0 saturated heterocycles. The van der Waals surface area contributed by atoms with E-state index in [4.69, 9.17) is 10.5 Å². The molecule has 10 N–H and O–H groups in total. The molecule has 484 valence electrons. The van der Waals surface area contributed by atoms with E-state index in [-0.39, 0.29) is 68.7 Å². The number of primary amides is 1. The molecule has 0 spiro atoms. The number of para-hydroxylation sites is 1. The number of nitrogens with two attached hydrogens (primary N) is 1. The minimum atomic E-state index is -1.14. The number of benzene rings is 4. The largest absolute Gasteiger partial charge is 0.478 e. The molecule has 0 aromatic heterocycles. The van der Waals surface area contributed by atoms with Crippen LogP contribution in [0.5, 0.6) is 0 Å². The molecule has 0 unspecified atom stereocenters.